The molecule has 3 rings (SSSR count). The molecule has 4 heteroatoms. The maximum atomic E-state index is 6.06. The molecule has 1 aromatic carbocycles. The van der Waals surface area contributed by atoms with Gasteiger partial charge in [0.05, 0.1) is 25.5 Å². The number of benzene rings is 1. The van der Waals surface area contributed by atoms with Crippen LogP contribution >= 0.6 is 0 Å². The fourth-order valence-electron chi connectivity index (χ4n) is 5.02. The molecule has 2 aromatic rings. The Morgan fingerprint density at radius 1 is 0.816 bits per heavy atom. The topological polar surface area (TPSA) is 40.6 Å². The Hall–Kier alpha value is -2.17. The van der Waals surface area contributed by atoms with Gasteiger partial charge in [-0.1, -0.05) is 89.7 Å². The van der Waals surface area contributed by atoms with E-state index in [0.29, 0.717) is 5.92 Å². The standard InChI is InChI=1S/C34H51NO3/c1-3-5-7-9-11-12-13-14-16-18-29-27-37-34(38-28-29)31-21-24-33(35-26-31)30-19-22-32(23-20-30)36-25-17-15-10-8-6-4-2/h3,19-24,26,29,34H,1,4-18,25,27-28H2,2H3/t29-,34-. The van der Waals surface area contributed by atoms with Crippen molar-refractivity contribution in [3.8, 4) is 17.0 Å². The number of unbranched alkanes of at least 4 members (excludes halogenated alkanes) is 12. The molecule has 4 nitrogen and oxygen atoms in total. The van der Waals surface area contributed by atoms with Crippen LogP contribution in [0.15, 0.2) is 55.3 Å². The molecule has 2 heterocycles. The molecular formula is C34H51NO3. The zero-order chi connectivity index (χ0) is 26.7. The first-order chi connectivity index (χ1) is 18.8. The van der Waals surface area contributed by atoms with E-state index in [0.717, 1.165) is 55.2 Å². The van der Waals surface area contributed by atoms with Crippen molar-refractivity contribution in [2.45, 2.75) is 110 Å². The van der Waals surface area contributed by atoms with Crippen LogP contribution in [-0.4, -0.2) is 24.8 Å². The van der Waals surface area contributed by atoms with Gasteiger partial charge in [-0.05, 0) is 56.0 Å². The quantitative estimate of drug-likeness (QED) is 0.128. The Kier molecular flexibility index (Phi) is 15.2. The van der Waals surface area contributed by atoms with E-state index in [9.17, 15) is 0 Å². The Morgan fingerprint density at radius 3 is 2.13 bits per heavy atom. The van der Waals surface area contributed by atoms with Crippen LogP contribution in [0.1, 0.15) is 115 Å². The van der Waals surface area contributed by atoms with Crippen molar-refractivity contribution in [2.24, 2.45) is 5.92 Å². The second-order valence-corrected chi connectivity index (χ2v) is 10.8. The van der Waals surface area contributed by atoms with Gasteiger partial charge in [-0.2, -0.15) is 0 Å². The zero-order valence-corrected chi connectivity index (χ0v) is 23.9. The highest BCUT2D eigenvalue weighted by molar-refractivity contribution is 5.60. The van der Waals surface area contributed by atoms with Gasteiger partial charge in [0.2, 0.25) is 0 Å². The van der Waals surface area contributed by atoms with E-state index >= 15 is 0 Å². The normalized spacial score (nSPS) is 17.4. The number of aromatic nitrogens is 1. The Labute approximate surface area is 232 Å². The molecule has 1 saturated heterocycles. The van der Waals surface area contributed by atoms with Gasteiger partial charge >= 0.3 is 0 Å². The van der Waals surface area contributed by atoms with E-state index in [1.54, 1.807) is 0 Å². The van der Waals surface area contributed by atoms with Gasteiger partial charge in [0.1, 0.15) is 5.75 Å². The fourth-order valence-corrected chi connectivity index (χ4v) is 5.02. The van der Waals surface area contributed by atoms with Gasteiger partial charge in [-0.25, -0.2) is 0 Å². The third-order valence-corrected chi connectivity index (χ3v) is 7.46. The number of nitrogens with zero attached hydrogens (tertiary/aromatic N) is 1. The molecule has 1 aliphatic heterocycles. The number of ether oxygens (including phenoxy) is 3. The van der Waals surface area contributed by atoms with Gasteiger partial charge in [0, 0.05) is 23.2 Å². The molecule has 210 valence electrons. The number of allylic oxidation sites excluding steroid dienone is 1. The first-order valence-electron chi connectivity index (χ1n) is 15.3. The van der Waals surface area contributed by atoms with Crippen LogP contribution in [0.25, 0.3) is 11.3 Å². The third kappa shape index (κ3) is 11.7. The minimum Gasteiger partial charge on any atom is -0.494 e. The largest absolute Gasteiger partial charge is 0.494 e. The summed E-state index contributed by atoms with van der Waals surface area (Å²) in [5, 5.41) is 0. The summed E-state index contributed by atoms with van der Waals surface area (Å²) in [6.07, 6.45) is 22.9. The lowest BCUT2D eigenvalue weighted by molar-refractivity contribution is -0.206. The van der Waals surface area contributed by atoms with Gasteiger partial charge in [-0.15, -0.1) is 6.58 Å². The van der Waals surface area contributed by atoms with Gasteiger partial charge in [0.15, 0.2) is 6.29 Å². The molecule has 0 amide bonds. The summed E-state index contributed by atoms with van der Waals surface area (Å²) in [7, 11) is 0. The minimum atomic E-state index is -0.305. The van der Waals surface area contributed by atoms with Crippen molar-refractivity contribution >= 4 is 0 Å². The second kappa shape index (κ2) is 19.0. The monoisotopic (exact) mass is 521 g/mol. The molecule has 0 unspecified atom stereocenters. The third-order valence-electron chi connectivity index (χ3n) is 7.46. The lowest BCUT2D eigenvalue weighted by atomic mass is 10.0. The van der Waals surface area contributed by atoms with Crippen molar-refractivity contribution in [3.63, 3.8) is 0 Å². The molecule has 1 fully saturated rings. The van der Waals surface area contributed by atoms with Crippen LogP contribution in [0.5, 0.6) is 5.75 Å². The number of pyridine rings is 1. The summed E-state index contributed by atoms with van der Waals surface area (Å²) in [5.74, 6) is 1.43. The van der Waals surface area contributed by atoms with E-state index in [1.807, 2.05) is 24.4 Å². The Balaban J connectivity index is 1.29. The SMILES string of the molecule is C=CCCCCCCCCC[C@H]1CO[C@H](c2ccc(-c3ccc(OCCCCCCCC)cc3)nc2)OC1. The molecule has 0 aliphatic carbocycles. The second-order valence-electron chi connectivity index (χ2n) is 10.8. The number of hydrogen-bond donors (Lipinski definition) is 0. The molecule has 0 bridgehead atoms. The Morgan fingerprint density at radius 2 is 1.47 bits per heavy atom. The van der Waals surface area contributed by atoms with Crippen LogP contribution < -0.4 is 4.74 Å². The minimum absolute atomic E-state index is 0.305. The lowest BCUT2D eigenvalue weighted by Gasteiger charge is -2.29. The zero-order valence-electron chi connectivity index (χ0n) is 23.9. The molecule has 0 atom stereocenters. The van der Waals surface area contributed by atoms with Crippen molar-refractivity contribution in [1.29, 1.82) is 0 Å². The van der Waals surface area contributed by atoms with E-state index in [-0.39, 0.29) is 6.29 Å². The van der Waals surface area contributed by atoms with Crippen LogP contribution in [0, 0.1) is 5.92 Å². The van der Waals surface area contributed by atoms with Crippen molar-refractivity contribution in [1.82, 2.24) is 4.98 Å². The van der Waals surface area contributed by atoms with Crippen molar-refractivity contribution < 1.29 is 14.2 Å². The molecular weight excluding hydrogens is 470 g/mol. The van der Waals surface area contributed by atoms with E-state index < -0.39 is 0 Å². The molecule has 1 aliphatic rings. The highest BCUT2D eigenvalue weighted by Crippen LogP contribution is 2.29. The van der Waals surface area contributed by atoms with Crippen LogP contribution in [0.2, 0.25) is 0 Å². The van der Waals surface area contributed by atoms with Gasteiger partial charge < -0.3 is 14.2 Å². The van der Waals surface area contributed by atoms with Crippen LogP contribution in [-0.2, 0) is 9.47 Å². The molecule has 0 radical (unpaired) electrons. The summed E-state index contributed by atoms with van der Waals surface area (Å²) in [6, 6.07) is 12.4. The summed E-state index contributed by atoms with van der Waals surface area (Å²) in [6.45, 7) is 8.38. The summed E-state index contributed by atoms with van der Waals surface area (Å²) < 4.78 is 18.0. The molecule has 1 aromatic heterocycles. The highest BCUT2D eigenvalue weighted by atomic mass is 16.7. The lowest BCUT2D eigenvalue weighted by Crippen LogP contribution is -2.27. The van der Waals surface area contributed by atoms with Gasteiger partial charge in [0.25, 0.3) is 0 Å². The number of hydrogen-bond acceptors (Lipinski definition) is 4. The van der Waals surface area contributed by atoms with Crippen molar-refractivity contribution in [3.05, 3.63) is 60.8 Å². The summed E-state index contributed by atoms with van der Waals surface area (Å²) >= 11 is 0. The summed E-state index contributed by atoms with van der Waals surface area (Å²) in [5.41, 5.74) is 3.03. The van der Waals surface area contributed by atoms with E-state index in [2.05, 4.69) is 42.8 Å². The predicted molar refractivity (Wildman–Crippen MR) is 158 cm³/mol. The Bertz CT molecular complexity index is 856. The van der Waals surface area contributed by atoms with Crippen LogP contribution in [0.3, 0.4) is 0 Å². The number of rotatable bonds is 20. The predicted octanol–water partition coefficient (Wildman–Crippen LogP) is 9.85. The smallest absolute Gasteiger partial charge is 0.185 e. The fraction of sp³-hybridized carbons (Fsp3) is 0.618. The molecule has 38 heavy (non-hydrogen) atoms. The maximum absolute atomic E-state index is 6.06. The maximum Gasteiger partial charge on any atom is 0.185 e. The molecule has 0 spiro atoms. The van der Waals surface area contributed by atoms with E-state index in [4.69, 9.17) is 14.2 Å². The van der Waals surface area contributed by atoms with Gasteiger partial charge in [-0.3, -0.25) is 4.98 Å². The van der Waals surface area contributed by atoms with Crippen LogP contribution in [0.4, 0.5) is 0 Å². The first kappa shape index (κ1) is 30.4. The van der Waals surface area contributed by atoms with Crippen molar-refractivity contribution in [2.75, 3.05) is 19.8 Å². The highest BCUT2D eigenvalue weighted by Gasteiger charge is 2.23. The first-order valence-corrected chi connectivity index (χ1v) is 15.3. The van der Waals surface area contributed by atoms with E-state index in [1.165, 1.54) is 83.5 Å². The average Bonchev–Trinajstić information content (AvgIpc) is 2.97. The average molecular weight is 522 g/mol. The molecule has 0 N–H and O–H groups in total. The molecule has 0 saturated carbocycles. The summed E-state index contributed by atoms with van der Waals surface area (Å²) in [4.78, 5) is 4.68.